The van der Waals surface area contributed by atoms with Crippen LogP contribution in [0, 0.1) is 0 Å². The van der Waals surface area contributed by atoms with E-state index in [1.165, 1.54) is 24.3 Å². The average molecular weight is 395 g/mol. The van der Waals surface area contributed by atoms with Crippen molar-refractivity contribution in [1.29, 1.82) is 0 Å². The molecule has 0 aliphatic carbocycles. The van der Waals surface area contributed by atoms with Crippen LogP contribution in [0.5, 0.6) is 0 Å². The lowest BCUT2D eigenvalue weighted by molar-refractivity contribution is 0.102. The molecule has 0 aliphatic rings. The van der Waals surface area contributed by atoms with Gasteiger partial charge in [-0.05, 0) is 60.7 Å². The molecule has 8 heteroatoms. The van der Waals surface area contributed by atoms with Gasteiger partial charge in [0.15, 0.2) is 0 Å². The Labute approximate surface area is 162 Å². The molecule has 0 fully saturated rings. The summed E-state index contributed by atoms with van der Waals surface area (Å²) in [5.41, 5.74) is 1.90. The molecule has 0 saturated carbocycles. The fraction of sp³-hybridized carbons (Fsp3) is 0. The molecule has 0 radical (unpaired) electrons. The lowest BCUT2D eigenvalue weighted by Crippen LogP contribution is -2.14. The molecule has 0 spiro atoms. The molecule has 3 aromatic carbocycles. The summed E-state index contributed by atoms with van der Waals surface area (Å²) in [6, 6.07) is 20.7. The summed E-state index contributed by atoms with van der Waals surface area (Å²) in [4.78, 5) is 24.4. The summed E-state index contributed by atoms with van der Waals surface area (Å²) in [7, 11) is -3.78. The summed E-state index contributed by atoms with van der Waals surface area (Å²) in [5, 5.41) is 10.5. The first-order chi connectivity index (χ1) is 13.3. The first kappa shape index (κ1) is 19.3. The number of rotatable bonds is 5. The molecule has 3 aromatic rings. The van der Waals surface area contributed by atoms with Gasteiger partial charge in [-0.15, -0.1) is 0 Å². The zero-order valence-corrected chi connectivity index (χ0v) is 15.4. The zero-order valence-electron chi connectivity index (χ0n) is 14.6. The van der Waals surface area contributed by atoms with Crippen LogP contribution < -0.4 is 15.8 Å². The summed E-state index contributed by atoms with van der Waals surface area (Å²) < 4.78 is 22.5. The monoisotopic (exact) mass is 395 g/mol. The Morgan fingerprint density at radius 3 is 1.54 bits per heavy atom. The lowest BCUT2D eigenvalue weighted by Gasteiger charge is -2.08. The van der Waals surface area contributed by atoms with E-state index < -0.39 is 10.0 Å². The van der Waals surface area contributed by atoms with Gasteiger partial charge in [-0.25, -0.2) is 13.6 Å². The number of anilines is 2. The van der Waals surface area contributed by atoms with Gasteiger partial charge in [-0.2, -0.15) is 0 Å². The minimum absolute atomic E-state index is 0.0380. The summed E-state index contributed by atoms with van der Waals surface area (Å²) in [6.45, 7) is 0. The average Bonchev–Trinajstić information content (AvgIpc) is 2.69. The van der Waals surface area contributed by atoms with Crippen molar-refractivity contribution in [3.63, 3.8) is 0 Å². The lowest BCUT2D eigenvalue weighted by atomic mass is 10.1. The van der Waals surface area contributed by atoms with Gasteiger partial charge in [-0.3, -0.25) is 9.59 Å². The van der Waals surface area contributed by atoms with Crippen molar-refractivity contribution >= 4 is 33.2 Å². The molecule has 4 N–H and O–H groups in total. The maximum Gasteiger partial charge on any atom is 0.255 e. The van der Waals surface area contributed by atoms with Crippen LogP contribution in [0.25, 0.3) is 0 Å². The largest absolute Gasteiger partial charge is 0.322 e. The second-order valence-electron chi connectivity index (χ2n) is 5.92. The fourth-order valence-electron chi connectivity index (χ4n) is 2.43. The van der Waals surface area contributed by atoms with E-state index in [0.29, 0.717) is 22.5 Å². The Bertz CT molecular complexity index is 1090. The molecule has 0 atom stereocenters. The van der Waals surface area contributed by atoms with Crippen LogP contribution in [0.3, 0.4) is 0 Å². The van der Waals surface area contributed by atoms with Crippen LogP contribution in [0.1, 0.15) is 20.7 Å². The number of benzene rings is 3. The van der Waals surface area contributed by atoms with E-state index in [9.17, 15) is 18.0 Å². The second-order valence-corrected chi connectivity index (χ2v) is 7.48. The highest BCUT2D eigenvalue weighted by Gasteiger charge is 2.10. The van der Waals surface area contributed by atoms with Crippen LogP contribution in [0.15, 0.2) is 83.8 Å². The third-order valence-electron chi connectivity index (χ3n) is 3.88. The number of nitrogens with two attached hydrogens (primary N) is 1. The van der Waals surface area contributed by atoms with Gasteiger partial charge in [-0.1, -0.05) is 18.2 Å². The number of hydrogen-bond acceptors (Lipinski definition) is 4. The van der Waals surface area contributed by atoms with Gasteiger partial charge in [0.2, 0.25) is 10.0 Å². The third-order valence-corrected chi connectivity index (χ3v) is 4.81. The van der Waals surface area contributed by atoms with E-state index in [-0.39, 0.29) is 16.7 Å². The maximum absolute atomic E-state index is 12.3. The third kappa shape index (κ3) is 4.81. The number of amides is 2. The minimum Gasteiger partial charge on any atom is -0.322 e. The zero-order chi connectivity index (χ0) is 20.1. The smallest absolute Gasteiger partial charge is 0.255 e. The van der Waals surface area contributed by atoms with Gasteiger partial charge in [0, 0.05) is 22.5 Å². The number of sulfonamides is 1. The van der Waals surface area contributed by atoms with Crippen LogP contribution in [-0.2, 0) is 10.0 Å². The Morgan fingerprint density at radius 2 is 1.07 bits per heavy atom. The Hall–Kier alpha value is -3.49. The van der Waals surface area contributed by atoms with E-state index in [0.717, 1.165) is 0 Å². The highest BCUT2D eigenvalue weighted by Crippen LogP contribution is 2.16. The van der Waals surface area contributed by atoms with Crippen molar-refractivity contribution < 1.29 is 18.0 Å². The van der Waals surface area contributed by atoms with Crippen molar-refractivity contribution in [1.82, 2.24) is 0 Å². The number of carbonyl (C=O) groups is 2. The molecule has 3 rings (SSSR count). The van der Waals surface area contributed by atoms with Crippen LogP contribution in [0.4, 0.5) is 11.4 Å². The Balaban J connectivity index is 1.64. The molecule has 0 unspecified atom stereocenters. The molecule has 7 nitrogen and oxygen atoms in total. The number of nitrogens with one attached hydrogen (secondary N) is 2. The van der Waals surface area contributed by atoms with E-state index in [2.05, 4.69) is 10.6 Å². The summed E-state index contributed by atoms with van der Waals surface area (Å²) in [5.74, 6) is -0.614. The molecule has 0 saturated heterocycles. The number of primary sulfonamides is 1. The van der Waals surface area contributed by atoms with Gasteiger partial charge < -0.3 is 10.6 Å². The van der Waals surface area contributed by atoms with Gasteiger partial charge in [0.25, 0.3) is 11.8 Å². The first-order valence-corrected chi connectivity index (χ1v) is 9.78. The van der Waals surface area contributed by atoms with Crippen molar-refractivity contribution in [2.24, 2.45) is 5.14 Å². The van der Waals surface area contributed by atoms with E-state index >= 15 is 0 Å². The molecule has 28 heavy (non-hydrogen) atoms. The van der Waals surface area contributed by atoms with E-state index in [1.54, 1.807) is 48.5 Å². The molecule has 0 aliphatic heterocycles. The number of carbonyl (C=O) groups excluding carboxylic acids is 2. The highest BCUT2D eigenvalue weighted by molar-refractivity contribution is 7.89. The molecule has 0 bridgehead atoms. The SMILES string of the molecule is NS(=O)(=O)c1ccc(NC(=O)c2ccc(NC(=O)c3ccccc3)cc2)cc1. The highest BCUT2D eigenvalue weighted by atomic mass is 32.2. The normalized spacial score (nSPS) is 10.9. The van der Waals surface area contributed by atoms with Crippen molar-refractivity contribution in [3.8, 4) is 0 Å². The maximum atomic E-state index is 12.3. The van der Waals surface area contributed by atoms with Gasteiger partial charge in [0.05, 0.1) is 4.90 Å². The molecule has 0 aromatic heterocycles. The summed E-state index contributed by atoms with van der Waals surface area (Å²) >= 11 is 0. The Kier molecular flexibility index (Phi) is 5.53. The van der Waals surface area contributed by atoms with Crippen LogP contribution >= 0.6 is 0 Å². The van der Waals surface area contributed by atoms with Crippen LogP contribution in [0.2, 0.25) is 0 Å². The Morgan fingerprint density at radius 1 is 0.643 bits per heavy atom. The number of hydrogen-bond donors (Lipinski definition) is 3. The topological polar surface area (TPSA) is 118 Å². The van der Waals surface area contributed by atoms with Gasteiger partial charge in [0.1, 0.15) is 0 Å². The quantitative estimate of drug-likeness (QED) is 0.615. The molecule has 2 amide bonds. The first-order valence-electron chi connectivity index (χ1n) is 8.23. The van der Waals surface area contributed by atoms with E-state index in [1.807, 2.05) is 6.07 Å². The minimum atomic E-state index is -3.78. The van der Waals surface area contributed by atoms with Crippen molar-refractivity contribution in [2.75, 3.05) is 10.6 Å². The molecule has 0 heterocycles. The second kappa shape index (κ2) is 8.03. The van der Waals surface area contributed by atoms with Crippen LogP contribution in [-0.4, -0.2) is 20.2 Å². The predicted molar refractivity (Wildman–Crippen MR) is 107 cm³/mol. The standard InChI is InChI=1S/C20H17N3O4S/c21-28(26,27)18-12-10-17(11-13-18)23-20(25)15-6-8-16(9-7-15)22-19(24)14-4-2-1-3-5-14/h1-13H,(H,22,24)(H,23,25)(H2,21,26,27). The van der Waals surface area contributed by atoms with Crippen molar-refractivity contribution in [3.05, 3.63) is 90.0 Å². The van der Waals surface area contributed by atoms with E-state index in [4.69, 9.17) is 5.14 Å². The summed E-state index contributed by atoms with van der Waals surface area (Å²) in [6.07, 6.45) is 0. The van der Waals surface area contributed by atoms with Gasteiger partial charge >= 0.3 is 0 Å². The molecular formula is C20H17N3O4S. The van der Waals surface area contributed by atoms with Crippen molar-refractivity contribution in [2.45, 2.75) is 4.90 Å². The molecule has 142 valence electrons. The fourth-order valence-corrected chi connectivity index (χ4v) is 2.94. The molecular weight excluding hydrogens is 378 g/mol. The predicted octanol–water partition coefficient (Wildman–Crippen LogP) is 2.84.